The molecule has 0 aliphatic carbocycles. The molecule has 0 saturated heterocycles. The number of allylic oxidation sites excluding steroid dienone is 1. The normalized spacial score (nSPS) is 10.3. The lowest BCUT2D eigenvalue weighted by Gasteiger charge is -2.20. The molecule has 0 atom stereocenters. The van der Waals surface area contributed by atoms with Gasteiger partial charge in [0.2, 0.25) is 0 Å². The summed E-state index contributed by atoms with van der Waals surface area (Å²) in [7, 11) is 0. The van der Waals surface area contributed by atoms with Crippen molar-refractivity contribution >= 4 is 0 Å². The minimum Gasteiger partial charge on any atom is -0.368 e. The van der Waals surface area contributed by atoms with Gasteiger partial charge in [-0.3, -0.25) is 0 Å². The van der Waals surface area contributed by atoms with Crippen LogP contribution >= 0.6 is 0 Å². The van der Waals surface area contributed by atoms with Crippen LogP contribution in [0, 0.1) is 11.3 Å². The Hall–Kier alpha value is -2.53. The zero-order valence-corrected chi connectivity index (χ0v) is 10.7. The first-order chi connectivity index (χ1) is 9.38. The Labute approximate surface area is 114 Å². The molecule has 0 spiro atoms. The van der Waals surface area contributed by atoms with E-state index in [2.05, 4.69) is 29.2 Å². The predicted molar refractivity (Wildman–Crippen MR) is 76.9 cm³/mol. The van der Waals surface area contributed by atoms with E-state index in [9.17, 15) is 0 Å². The van der Waals surface area contributed by atoms with E-state index in [1.54, 1.807) is 0 Å². The predicted octanol–water partition coefficient (Wildman–Crippen LogP) is 3.73. The van der Waals surface area contributed by atoms with E-state index >= 15 is 0 Å². The monoisotopic (exact) mass is 248 g/mol. The molecule has 0 aromatic heterocycles. The number of rotatable bonds is 5. The second-order valence-electron chi connectivity index (χ2n) is 4.32. The largest absolute Gasteiger partial charge is 0.368 e. The Kier molecular flexibility index (Phi) is 4.78. The maximum absolute atomic E-state index is 8.68. The van der Waals surface area contributed by atoms with Crippen LogP contribution in [0.3, 0.4) is 0 Å². The van der Waals surface area contributed by atoms with Gasteiger partial charge in [-0.05, 0) is 11.1 Å². The van der Waals surface area contributed by atoms with Crippen molar-refractivity contribution in [2.45, 2.75) is 13.1 Å². The molecule has 0 bridgehead atoms. The van der Waals surface area contributed by atoms with Crippen molar-refractivity contribution in [2.24, 2.45) is 0 Å². The van der Waals surface area contributed by atoms with Gasteiger partial charge >= 0.3 is 0 Å². The highest BCUT2D eigenvalue weighted by Gasteiger charge is 2.02. The molecule has 0 saturated carbocycles. The third kappa shape index (κ3) is 4.33. The molecule has 2 nitrogen and oxygen atoms in total. The first-order valence-corrected chi connectivity index (χ1v) is 6.26. The second-order valence-corrected chi connectivity index (χ2v) is 4.32. The fourth-order valence-corrected chi connectivity index (χ4v) is 1.94. The van der Waals surface area contributed by atoms with Gasteiger partial charge in [0.25, 0.3) is 0 Å². The van der Waals surface area contributed by atoms with Crippen molar-refractivity contribution in [3.8, 4) is 6.07 Å². The molecule has 2 rings (SSSR count). The van der Waals surface area contributed by atoms with Crippen molar-refractivity contribution in [1.82, 2.24) is 4.90 Å². The summed E-state index contributed by atoms with van der Waals surface area (Å²) in [4.78, 5) is 2.13. The van der Waals surface area contributed by atoms with E-state index in [0.717, 1.165) is 13.1 Å². The Balaban J connectivity index is 2.08. The zero-order chi connectivity index (χ0) is 13.3. The quantitative estimate of drug-likeness (QED) is 0.754. The van der Waals surface area contributed by atoms with Gasteiger partial charge in [-0.15, -0.1) is 0 Å². The Morgan fingerprint density at radius 2 is 1.32 bits per heavy atom. The first-order valence-electron chi connectivity index (χ1n) is 6.26. The third-order valence-corrected chi connectivity index (χ3v) is 2.82. The topological polar surface area (TPSA) is 27.0 Å². The van der Waals surface area contributed by atoms with Crippen molar-refractivity contribution in [2.75, 3.05) is 0 Å². The average Bonchev–Trinajstić information content (AvgIpc) is 2.47. The lowest BCUT2D eigenvalue weighted by molar-refractivity contribution is 0.362. The molecule has 0 aliphatic rings. The summed E-state index contributed by atoms with van der Waals surface area (Å²) >= 11 is 0. The molecule has 0 fully saturated rings. The first kappa shape index (κ1) is 12.9. The lowest BCUT2D eigenvalue weighted by Crippen LogP contribution is -2.16. The van der Waals surface area contributed by atoms with E-state index in [-0.39, 0.29) is 0 Å². The number of nitriles is 1. The van der Waals surface area contributed by atoms with E-state index in [0.29, 0.717) is 0 Å². The van der Waals surface area contributed by atoms with Crippen LogP contribution in [0.15, 0.2) is 72.9 Å². The van der Waals surface area contributed by atoms with Gasteiger partial charge in [0, 0.05) is 25.4 Å². The van der Waals surface area contributed by atoms with Crippen LogP contribution in [0.25, 0.3) is 0 Å². The fraction of sp³-hybridized carbons (Fsp3) is 0.118. The summed E-state index contributed by atoms with van der Waals surface area (Å²) < 4.78 is 0. The molecule has 2 heteroatoms. The van der Waals surface area contributed by atoms with Crippen LogP contribution in [0.2, 0.25) is 0 Å². The highest BCUT2D eigenvalue weighted by molar-refractivity contribution is 5.18. The molecule has 0 heterocycles. The molecule has 0 radical (unpaired) electrons. The standard InChI is InChI=1S/C17H16N2/c18-12-7-13-19(14-16-8-3-1-4-9-16)15-17-10-5-2-6-11-17/h1-11,13H,14-15H2/b13-7+. The molecule has 2 aromatic carbocycles. The Morgan fingerprint density at radius 1 is 0.842 bits per heavy atom. The number of benzene rings is 2. The van der Waals surface area contributed by atoms with Crippen LogP contribution in [-0.2, 0) is 13.1 Å². The van der Waals surface area contributed by atoms with Crippen molar-refractivity contribution in [3.05, 3.63) is 84.1 Å². The summed E-state index contributed by atoms with van der Waals surface area (Å²) in [5.74, 6) is 0. The van der Waals surface area contributed by atoms with E-state index in [1.165, 1.54) is 17.2 Å². The molecule has 0 aliphatic heterocycles. The average molecular weight is 248 g/mol. The van der Waals surface area contributed by atoms with Crippen LogP contribution < -0.4 is 0 Å². The van der Waals surface area contributed by atoms with Crippen LogP contribution in [-0.4, -0.2) is 4.90 Å². The molecule has 94 valence electrons. The Morgan fingerprint density at radius 3 is 1.74 bits per heavy atom. The molecule has 0 amide bonds. The summed E-state index contributed by atoms with van der Waals surface area (Å²) in [6.45, 7) is 1.60. The fourth-order valence-electron chi connectivity index (χ4n) is 1.94. The summed E-state index contributed by atoms with van der Waals surface area (Å²) in [6.07, 6.45) is 3.37. The molecule has 19 heavy (non-hydrogen) atoms. The SMILES string of the molecule is N#C/C=C/N(Cc1ccccc1)Cc1ccccc1. The summed E-state index contributed by atoms with van der Waals surface area (Å²) in [5, 5.41) is 8.68. The second kappa shape index (κ2) is 7.03. The minimum atomic E-state index is 0.800. The van der Waals surface area contributed by atoms with Crippen LogP contribution in [0.5, 0.6) is 0 Å². The van der Waals surface area contributed by atoms with Gasteiger partial charge < -0.3 is 4.90 Å². The summed E-state index contributed by atoms with van der Waals surface area (Å²) in [6, 6.07) is 22.6. The van der Waals surface area contributed by atoms with Crippen LogP contribution in [0.1, 0.15) is 11.1 Å². The van der Waals surface area contributed by atoms with Crippen molar-refractivity contribution in [1.29, 1.82) is 5.26 Å². The van der Waals surface area contributed by atoms with Gasteiger partial charge in [-0.1, -0.05) is 60.7 Å². The van der Waals surface area contributed by atoms with E-state index in [4.69, 9.17) is 5.26 Å². The van der Waals surface area contributed by atoms with Crippen LogP contribution in [0.4, 0.5) is 0 Å². The third-order valence-electron chi connectivity index (χ3n) is 2.82. The van der Waals surface area contributed by atoms with E-state index < -0.39 is 0 Å². The molecule has 0 N–H and O–H groups in total. The smallest absolute Gasteiger partial charge is 0.0927 e. The van der Waals surface area contributed by atoms with E-state index in [1.807, 2.05) is 48.7 Å². The number of hydrogen-bond acceptors (Lipinski definition) is 2. The Bertz CT molecular complexity index is 511. The summed E-state index contributed by atoms with van der Waals surface area (Å²) in [5.41, 5.74) is 2.47. The van der Waals surface area contributed by atoms with Gasteiger partial charge in [0.1, 0.15) is 0 Å². The van der Waals surface area contributed by atoms with Crippen molar-refractivity contribution < 1.29 is 0 Å². The van der Waals surface area contributed by atoms with Gasteiger partial charge in [-0.25, -0.2) is 0 Å². The maximum atomic E-state index is 8.68. The zero-order valence-electron chi connectivity index (χ0n) is 10.7. The van der Waals surface area contributed by atoms with Crippen molar-refractivity contribution in [3.63, 3.8) is 0 Å². The molecular weight excluding hydrogens is 232 g/mol. The van der Waals surface area contributed by atoms with Gasteiger partial charge in [0.15, 0.2) is 0 Å². The highest BCUT2D eigenvalue weighted by atomic mass is 15.1. The van der Waals surface area contributed by atoms with Gasteiger partial charge in [-0.2, -0.15) is 5.26 Å². The lowest BCUT2D eigenvalue weighted by atomic mass is 10.2. The minimum absolute atomic E-state index is 0.800. The number of hydrogen-bond donors (Lipinski definition) is 0. The maximum Gasteiger partial charge on any atom is 0.0927 e. The molecule has 2 aromatic rings. The molecular formula is C17H16N2. The highest BCUT2D eigenvalue weighted by Crippen LogP contribution is 2.10. The number of nitrogens with zero attached hydrogens (tertiary/aromatic N) is 2. The van der Waals surface area contributed by atoms with Gasteiger partial charge in [0.05, 0.1) is 6.07 Å². The molecule has 0 unspecified atom stereocenters.